The number of benzene rings is 1. The molecule has 0 unspecified atom stereocenters. The molecule has 3 N–H and O–H groups in total. The Hall–Kier alpha value is -1.49. The highest BCUT2D eigenvalue weighted by atomic mass is 19.2. The van der Waals surface area contributed by atoms with Crippen LogP contribution in [0.2, 0.25) is 0 Å². The molecule has 0 aliphatic heterocycles. The van der Waals surface area contributed by atoms with Gasteiger partial charge in [0.15, 0.2) is 11.6 Å². The molecule has 0 aliphatic rings. The number of aliphatic hydroxyl groups excluding tert-OH is 1. The highest BCUT2D eigenvalue weighted by Gasteiger charge is 2.14. The maximum Gasteiger partial charge on any atom is 0.251 e. The van der Waals surface area contributed by atoms with Gasteiger partial charge in [-0.2, -0.15) is 0 Å². The highest BCUT2D eigenvalue weighted by Crippen LogP contribution is 2.14. The summed E-state index contributed by atoms with van der Waals surface area (Å²) in [5.74, 6) is -3.41. The normalized spacial score (nSPS) is 10.2. The first-order valence-electron chi connectivity index (χ1n) is 3.95. The molecule has 0 bridgehead atoms. The summed E-state index contributed by atoms with van der Waals surface area (Å²) in [5.41, 5.74) is 4.68. The highest BCUT2D eigenvalue weighted by molar-refractivity contribution is 5.93. The van der Waals surface area contributed by atoms with Crippen molar-refractivity contribution in [2.24, 2.45) is 5.73 Å². The van der Waals surface area contributed by atoms with E-state index in [0.29, 0.717) is 5.56 Å². The lowest BCUT2D eigenvalue weighted by molar-refractivity contribution is 0.0995. The number of carbonyl (C=O) groups is 1. The Balaban J connectivity index is 3.21. The maximum absolute atomic E-state index is 12.9. The van der Waals surface area contributed by atoms with Gasteiger partial charge in [0.05, 0.1) is 5.56 Å². The summed E-state index contributed by atoms with van der Waals surface area (Å²) in [5, 5.41) is 8.58. The van der Waals surface area contributed by atoms with Crippen LogP contribution >= 0.6 is 0 Å². The molecule has 0 aromatic heterocycles. The molecular formula is C9H9F2NO2. The first-order valence-corrected chi connectivity index (χ1v) is 3.95. The summed E-state index contributed by atoms with van der Waals surface area (Å²) in [6, 6.07) is 2.06. The fourth-order valence-electron chi connectivity index (χ4n) is 1.10. The van der Waals surface area contributed by atoms with Gasteiger partial charge in [-0.15, -0.1) is 0 Å². The molecule has 0 saturated carbocycles. The Labute approximate surface area is 79.2 Å². The van der Waals surface area contributed by atoms with Crippen molar-refractivity contribution in [3.8, 4) is 0 Å². The van der Waals surface area contributed by atoms with Crippen molar-refractivity contribution < 1.29 is 18.7 Å². The van der Waals surface area contributed by atoms with Crippen molar-refractivity contribution >= 4 is 5.91 Å². The van der Waals surface area contributed by atoms with Crippen molar-refractivity contribution in [2.75, 3.05) is 6.61 Å². The second kappa shape index (κ2) is 4.15. The molecule has 1 rings (SSSR count). The molecule has 5 heteroatoms. The van der Waals surface area contributed by atoms with E-state index >= 15 is 0 Å². The minimum atomic E-state index is -1.25. The van der Waals surface area contributed by atoms with Crippen LogP contribution in [0, 0.1) is 11.6 Å². The van der Waals surface area contributed by atoms with E-state index in [2.05, 4.69) is 0 Å². The molecule has 0 spiro atoms. The Morgan fingerprint density at radius 3 is 2.57 bits per heavy atom. The second-order valence-electron chi connectivity index (χ2n) is 2.78. The molecule has 0 atom stereocenters. The van der Waals surface area contributed by atoms with Gasteiger partial charge in [-0.25, -0.2) is 8.78 Å². The number of primary amides is 1. The average Bonchev–Trinajstić information content (AvgIpc) is 2.11. The van der Waals surface area contributed by atoms with Gasteiger partial charge < -0.3 is 10.8 Å². The number of hydrogen-bond donors (Lipinski definition) is 2. The number of rotatable bonds is 3. The summed E-state index contributed by atoms with van der Waals surface area (Å²) in [4.78, 5) is 10.7. The van der Waals surface area contributed by atoms with E-state index in [-0.39, 0.29) is 13.0 Å². The van der Waals surface area contributed by atoms with Crippen LogP contribution in [0.1, 0.15) is 15.9 Å². The molecule has 1 aromatic rings. The Kier molecular flexibility index (Phi) is 3.14. The average molecular weight is 201 g/mol. The molecular weight excluding hydrogens is 192 g/mol. The number of halogens is 2. The van der Waals surface area contributed by atoms with Crippen LogP contribution in [0.15, 0.2) is 12.1 Å². The zero-order chi connectivity index (χ0) is 10.7. The number of carbonyl (C=O) groups excluding carboxylic acids is 1. The van der Waals surface area contributed by atoms with Gasteiger partial charge in [0.1, 0.15) is 0 Å². The van der Waals surface area contributed by atoms with Crippen LogP contribution < -0.4 is 5.73 Å². The van der Waals surface area contributed by atoms with Crippen LogP contribution in [0.5, 0.6) is 0 Å². The van der Waals surface area contributed by atoms with Gasteiger partial charge in [-0.1, -0.05) is 0 Å². The standard InChI is InChI=1S/C9H9F2NO2/c10-7-4-5(1-2-13)3-6(8(7)11)9(12)14/h3-4,13H,1-2H2,(H2,12,14). The smallest absolute Gasteiger partial charge is 0.251 e. The third kappa shape index (κ3) is 2.05. The Bertz CT molecular complexity index is 366. The predicted molar refractivity (Wildman–Crippen MR) is 45.7 cm³/mol. The Morgan fingerprint density at radius 1 is 1.43 bits per heavy atom. The number of nitrogens with two attached hydrogens (primary N) is 1. The molecule has 0 saturated heterocycles. The largest absolute Gasteiger partial charge is 0.396 e. The van der Waals surface area contributed by atoms with Gasteiger partial charge >= 0.3 is 0 Å². The number of aliphatic hydroxyl groups is 1. The zero-order valence-corrected chi connectivity index (χ0v) is 7.26. The van der Waals surface area contributed by atoms with Gasteiger partial charge in [-0.3, -0.25) is 4.79 Å². The van der Waals surface area contributed by atoms with Gasteiger partial charge in [0.2, 0.25) is 0 Å². The fourth-order valence-corrected chi connectivity index (χ4v) is 1.10. The molecule has 14 heavy (non-hydrogen) atoms. The molecule has 76 valence electrons. The summed E-state index contributed by atoms with van der Waals surface area (Å²) in [6.45, 7) is -0.205. The van der Waals surface area contributed by atoms with Gasteiger partial charge in [0.25, 0.3) is 5.91 Å². The van der Waals surface area contributed by atoms with E-state index in [4.69, 9.17) is 10.8 Å². The van der Waals surface area contributed by atoms with E-state index in [1.54, 1.807) is 0 Å². The van der Waals surface area contributed by atoms with Crippen molar-refractivity contribution in [1.29, 1.82) is 0 Å². The fraction of sp³-hybridized carbons (Fsp3) is 0.222. The summed E-state index contributed by atoms with van der Waals surface area (Å²) >= 11 is 0. The van der Waals surface area contributed by atoms with E-state index in [0.717, 1.165) is 12.1 Å². The lowest BCUT2D eigenvalue weighted by Crippen LogP contribution is -2.15. The monoisotopic (exact) mass is 201 g/mol. The molecule has 1 amide bonds. The van der Waals surface area contributed by atoms with Crippen LogP contribution in [-0.2, 0) is 6.42 Å². The summed E-state index contributed by atoms with van der Waals surface area (Å²) in [7, 11) is 0. The summed E-state index contributed by atoms with van der Waals surface area (Å²) < 4.78 is 25.8. The second-order valence-corrected chi connectivity index (χ2v) is 2.78. The lowest BCUT2D eigenvalue weighted by atomic mass is 10.1. The van der Waals surface area contributed by atoms with Crippen molar-refractivity contribution in [3.63, 3.8) is 0 Å². The van der Waals surface area contributed by atoms with E-state index in [1.165, 1.54) is 0 Å². The third-order valence-corrected chi connectivity index (χ3v) is 1.75. The molecule has 0 radical (unpaired) electrons. The van der Waals surface area contributed by atoms with Crippen molar-refractivity contribution in [1.82, 2.24) is 0 Å². The maximum atomic E-state index is 12.9. The zero-order valence-electron chi connectivity index (χ0n) is 7.26. The number of amides is 1. The minimum Gasteiger partial charge on any atom is -0.396 e. The SMILES string of the molecule is NC(=O)c1cc(CCO)cc(F)c1F. The summed E-state index contributed by atoms with van der Waals surface area (Å²) in [6.07, 6.45) is 0.150. The molecule has 0 aliphatic carbocycles. The van der Waals surface area contributed by atoms with Gasteiger partial charge in [-0.05, 0) is 24.1 Å². The molecule has 3 nitrogen and oxygen atoms in total. The first kappa shape index (κ1) is 10.6. The van der Waals surface area contributed by atoms with E-state index in [9.17, 15) is 13.6 Å². The van der Waals surface area contributed by atoms with Crippen LogP contribution in [0.4, 0.5) is 8.78 Å². The van der Waals surface area contributed by atoms with Gasteiger partial charge in [0, 0.05) is 6.61 Å². The van der Waals surface area contributed by atoms with Crippen molar-refractivity contribution in [3.05, 3.63) is 34.9 Å². The first-order chi connectivity index (χ1) is 6.56. The molecule has 1 aromatic carbocycles. The predicted octanol–water partition coefficient (Wildman–Crippen LogP) is 0.599. The van der Waals surface area contributed by atoms with E-state index < -0.39 is 23.1 Å². The third-order valence-electron chi connectivity index (χ3n) is 1.75. The minimum absolute atomic E-state index is 0.150. The lowest BCUT2D eigenvalue weighted by Gasteiger charge is -2.03. The van der Waals surface area contributed by atoms with Crippen LogP contribution in [0.3, 0.4) is 0 Å². The quantitative estimate of drug-likeness (QED) is 0.752. The van der Waals surface area contributed by atoms with Crippen molar-refractivity contribution in [2.45, 2.75) is 6.42 Å². The van der Waals surface area contributed by atoms with Crippen LogP contribution in [-0.4, -0.2) is 17.6 Å². The molecule has 0 fully saturated rings. The topological polar surface area (TPSA) is 63.3 Å². The Morgan fingerprint density at radius 2 is 2.07 bits per heavy atom. The number of hydrogen-bond acceptors (Lipinski definition) is 2. The van der Waals surface area contributed by atoms with E-state index in [1.807, 2.05) is 0 Å². The molecule has 0 heterocycles. The van der Waals surface area contributed by atoms with Crippen LogP contribution in [0.25, 0.3) is 0 Å².